The zero-order valence-corrected chi connectivity index (χ0v) is 21.0. The SMILES string of the molecule is CC(C)c1ccc(S(=O)(=O)N(CCCC(=O)N[O-])Cc2ccc(C(F)(F)F)cc2)cc1.[Na+]. The number of hydrogen-bond acceptors (Lipinski definition) is 4. The summed E-state index contributed by atoms with van der Waals surface area (Å²) in [5.41, 5.74) is 1.72. The first kappa shape index (κ1) is 28.6. The van der Waals surface area contributed by atoms with Gasteiger partial charge in [-0.25, -0.2) is 8.42 Å². The van der Waals surface area contributed by atoms with Crippen molar-refractivity contribution in [2.75, 3.05) is 6.54 Å². The van der Waals surface area contributed by atoms with E-state index in [2.05, 4.69) is 0 Å². The summed E-state index contributed by atoms with van der Waals surface area (Å²) >= 11 is 0. The van der Waals surface area contributed by atoms with Crippen LogP contribution in [0.5, 0.6) is 0 Å². The van der Waals surface area contributed by atoms with Crippen LogP contribution in [0.15, 0.2) is 53.4 Å². The standard InChI is InChI=1S/C21H24F3N2O4S.Na/c1-15(2)17-7-11-19(12-8-17)31(29,30)26(13-3-4-20(27)25-28)14-16-5-9-18(10-6-16)21(22,23)24;/h5-12,15H,3-4,13-14H2,1-2H3,(H-,25,27,28);/q-1;+1. The van der Waals surface area contributed by atoms with Crippen molar-refractivity contribution in [3.63, 3.8) is 0 Å². The fourth-order valence-electron chi connectivity index (χ4n) is 2.93. The Morgan fingerprint density at radius 1 is 1.06 bits per heavy atom. The molecule has 0 radical (unpaired) electrons. The molecular formula is C21H24F3N2NaO4S. The first-order valence-corrected chi connectivity index (χ1v) is 11.1. The van der Waals surface area contributed by atoms with Gasteiger partial charge >= 0.3 is 35.7 Å². The summed E-state index contributed by atoms with van der Waals surface area (Å²) in [4.78, 5) is 11.2. The van der Waals surface area contributed by atoms with Crippen molar-refractivity contribution in [3.8, 4) is 0 Å². The second-order valence-electron chi connectivity index (χ2n) is 7.39. The van der Waals surface area contributed by atoms with Crippen LogP contribution < -0.4 is 35.0 Å². The third-order valence-corrected chi connectivity index (χ3v) is 6.61. The Hall–Kier alpha value is -1.43. The molecule has 1 N–H and O–H groups in total. The van der Waals surface area contributed by atoms with Gasteiger partial charge in [0, 0.05) is 19.5 Å². The molecular weight excluding hydrogens is 456 g/mol. The number of benzene rings is 2. The molecule has 11 heteroatoms. The van der Waals surface area contributed by atoms with Gasteiger partial charge in [0.2, 0.25) is 15.9 Å². The van der Waals surface area contributed by atoms with Crippen LogP contribution in [0.4, 0.5) is 13.2 Å². The molecule has 0 aliphatic carbocycles. The molecule has 0 aliphatic rings. The van der Waals surface area contributed by atoms with Crippen LogP contribution in [-0.4, -0.2) is 25.2 Å². The monoisotopic (exact) mass is 480 g/mol. The summed E-state index contributed by atoms with van der Waals surface area (Å²) in [6, 6.07) is 10.6. The molecule has 0 fully saturated rings. The molecule has 6 nitrogen and oxygen atoms in total. The molecule has 1 amide bonds. The second kappa shape index (κ2) is 12.2. The van der Waals surface area contributed by atoms with Gasteiger partial charge < -0.3 is 10.7 Å². The number of nitrogens with one attached hydrogen (secondary N) is 1. The second-order valence-corrected chi connectivity index (χ2v) is 9.32. The number of halogens is 3. The van der Waals surface area contributed by atoms with Crippen molar-refractivity contribution in [2.24, 2.45) is 0 Å². The Kier molecular flexibility index (Phi) is 10.9. The van der Waals surface area contributed by atoms with E-state index < -0.39 is 27.7 Å². The Bertz CT molecular complexity index is 980. The molecule has 0 spiro atoms. The minimum atomic E-state index is -4.49. The van der Waals surface area contributed by atoms with E-state index in [9.17, 15) is 31.6 Å². The van der Waals surface area contributed by atoms with E-state index >= 15 is 0 Å². The van der Waals surface area contributed by atoms with Crippen molar-refractivity contribution in [1.29, 1.82) is 0 Å². The molecule has 0 atom stereocenters. The summed E-state index contributed by atoms with van der Waals surface area (Å²) in [5, 5.41) is 10.4. The minimum absolute atomic E-state index is 0. The molecule has 0 aromatic heterocycles. The molecule has 2 aromatic carbocycles. The number of hydroxylamine groups is 1. The summed E-state index contributed by atoms with van der Waals surface area (Å²) < 4.78 is 65.8. The molecule has 32 heavy (non-hydrogen) atoms. The maximum atomic E-state index is 13.2. The van der Waals surface area contributed by atoms with E-state index in [0.29, 0.717) is 5.56 Å². The maximum Gasteiger partial charge on any atom is 1.00 e. The number of amides is 1. The van der Waals surface area contributed by atoms with Gasteiger partial charge in [-0.15, -0.1) is 0 Å². The molecule has 2 aromatic rings. The van der Waals surface area contributed by atoms with Crippen LogP contribution in [0.25, 0.3) is 0 Å². The van der Waals surface area contributed by atoms with E-state index in [0.717, 1.165) is 22.0 Å². The predicted molar refractivity (Wildman–Crippen MR) is 110 cm³/mol. The molecule has 0 saturated carbocycles. The van der Waals surface area contributed by atoms with Crippen LogP contribution >= 0.6 is 0 Å². The van der Waals surface area contributed by atoms with Gasteiger partial charge in [0.25, 0.3) is 0 Å². The van der Waals surface area contributed by atoms with Crippen molar-refractivity contribution in [3.05, 3.63) is 70.4 Å². The van der Waals surface area contributed by atoms with Crippen LogP contribution in [0.3, 0.4) is 0 Å². The van der Waals surface area contributed by atoms with Gasteiger partial charge in [0.1, 0.15) is 0 Å². The van der Waals surface area contributed by atoms with Gasteiger partial charge in [-0.05, 0) is 47.7 Å². The molecule has 0 aliphatic heterocycles. The largest absolute Gasteiger partial charge is 1.00 e. The first-order valence-electron chi connectivity index (χ1n) is 9.62. The van der Waals surface area contributed by atoms with Gasteiger partial charge in [0.15, 0.2) is 0 Å². The van der Waals surface area contributed by atoms with Crippen LogP contribution in [0, 0.1) is 5.21 Å². The van der Waals surface area contributed by atoms with Crippen molar-refractivity contribution in [2.45, 2.75) is 50.2 Å². The van der Waals surface area contributed by atoms with Crippen molar-refractivity contribution < 1.29 is 55.9 Å². The third kappa shape index (κ3) is 7.86. The predicted octanol–water partition coefficient (Wildman–Crippen LogP) is 1.42. The fraction of sp³-hybridized carbons (Fsp3) is 0.381. The first-order chi connectivity index (χ1) is 14.4. The summed E-state index contributed by atoms with van der Waals surface area (Å²) in [5.74, 6) is -0.557. The van der Waals surface area contributed by atoms with E-state index in [1.54, 1.807) is 12.1 Å². The Labute approximate surface area is 208 Å². The molecule has 170 valence electrons. The summed E-state index contributed by atoms with van der Waals surface area (Å²) in [6.45, 7) is 3.69. The number of alkyl halides is 3. The molecule has 0 saturated heterocycles. The van der Waals surface area contributed by atoms with Crippen LogP contribution in [0.1, 0.15) is 49.3 Å². The van der Waals surface area contributed by atoms with E-state index in [-0.39, 0.29) is 66.3 Å². The zero-order valence-electron chi connectivity index (χ0n) is 18.1. The van der Waals surface area contributed by atoms with Crippen LogP contribution in [0.2, 0.25) is 0 Å². The Morgan fingerprint density at radius 3 is 2.09 bits per heavy atom. The number of rotatable bonds is 9. The van der Waals surface area contributed by atoms with Gasteiger partial charge in [-0.3, -0.25) is 4.79 Å². The number of sulfonamides is 1. The topological polar surface area (TPSA) is 89.5 Å². The van der Waals surface area contributed by atoms with Crippen LogP contribution in [-0.2, 0) is 27.5 Å². The fourth-order valence-corrected chi connectivity index (χ4v) is 4.39. The third-order valence-electron chi connectivity index (χ3n) is 4.75. The average Bonchev–Trinajstić information content (AvgIpc) is 2.72. The average molecular weight is 480 g/mol. The normalized spacial score (nSPS) is 12.0. The van der Waals surface area contributed by atoms with Crippen molar-refractivity contribution in [1.82, 2.24) is 9.79 Å². The van der Waals surface area contributed by atoms with Crippen molar-refractivity contribution >= 4 is 15.9 Å². The molecule has 0 bridgehead atoms. The number of carbonyl (C=O) groups is 1. The smallest absolute Gasteiger partial charge is 0.759 e. The molecule has 0 heterocycles. The van der Waals surface area contributed by atoms with Gasteiger partial charge in [0.05, 0.1) is 10.5 Å². The minimum Gasteiger partial charge on any atom is -0.759 e. The van der Waals surface area contributed by atoms with E-state index in [1.807, 2.05) is 13.8 Å². The number of carbonyl (C=O) groups excluding carboxylic acids is 1. The summed E-state index contributed by atoms with van der Waals surface area (Å²) in [6.07, 6.45) is -4.58. The number of nitrogens with zero attached hydrogens (tertiary/aromatic N) is 1. The Balaban J connectivity index is 0.00000512. The van der Waals surface area contributed by atoms with Gasteiger partial charge in [-0.2, -0.15) is 17.5 Å². The van der Waals surface area contributed by atoms with Gasteiger partial charge in [-0.1, -0.05) is 38.1 Å². The van der Waals surface area contributed by atoms with E-state index in [4.69, 9.17) is 0 Å². The number of hydrogen-bond donors (Lipinski definition) is 1. The molecule has 2 rings (SSSR count). The van der Waals surface area contributed by atoms with E-state index in [1.165, 1.54) is 29.7 Å². The zero-order chi connectivity index (χ0) is 23.2. The Morgan fingerprint density at radius 2 is 1.62 bits per heavy atom. The maximum absolute atomic E-state index is 13.2. The molecule has 0 unspecified atom stereocenters. The summed E-state index contributed by atoms with van der Waals surface area (Å²) in [7, 11) is -3.98. The quantitative estimate of drug-likeness (QED) is 0.434.